The predicted octanol–water partition coefficient (Wildman–Crippen LogP) is 3.99. The first-order valence-corrected chi connectivity index (χ1v) is 12.8. The number of carbonyl (C=O) groups excluding carboxylic acids is 1. The molecule has 2 heterocycles. The molecule has 10 nitrogen and oxygen atoms in total. The van der Waals surface area contributed by atoms with Crippen LogP contribution in [0, 0.1) is 11.3 Å². The molecule has 0 bridgehead atoms. The first-order valence-electron chi connectivity index (χ1n) is 11.2. The number of carbonyl (C=O) groups is 1. The molecule has 0 radical (unpaired) electrons. The largest absolute Gasteiger partial charge is 0.496 e. The summed E-state index contributed by atoms with van der Waals surface area (Å²) in [5.74, 6) is 1.38. The molecule has 3 aromatic rings. The van der Waals surface area contributed by atoms with E-state index in [1.54, 1.807) is 32.4 Å². The molecule has 1 amide bonds. The SMILES string of the molecule is CNc1nc(Sc2ccc(C(=O)N3CCNCC3)cc2OC)nc(-c2cc(OCC#N)c(Cl)cc2Cl)n1. The zero-order valence-corrected chi connectivity index (χ0v) is 22.4. The van der Waals surface area contributed by atoms with Crippen molar-refractivity contribution in [2.45, 2.75) is 10.1 Å². The minimum absolute atomic E-state index is 0.0388. The normalized spacial score (nSPS) is 13.1. The van der Waals surface area contributed by atoms with Crippen LogP contribution in [0.15, 0.2) is 40.4 Å². The smallest absolute Gasteiger partial charge is 0.254 e. The number of anilines is 1. The van der Waals surface area contributed by atoms with Crippen molar-refractivity contribution < 1.29 is 14.3 Å². The van der Waals surface area contributed by atoms with E-state index in [0.717, 1.165) is 18.0 Å². The van der Waals surface area contributed by atoms with Gasteiger partial charge in [-0.2, -0.15) is 15.2 Å². The minimum atomic E-state index is -0.173. The van der Waals surface area contributed by atoms with Crippen LogP contribution in [0.5, 0.6) is 11.5 Å². The summed E-state index contributed by atoms with van der Waals surface area (Å²) in [5, 5.41) is 16.0. The van der Waals surface area contributed by atoms with Crippen molar-refractivity contribution in [1.82, 2.24) is 25.2 Å². The van der Waals surface area contributed by atoms with E-state index >= 15 is 0 Å². The van der Waals surface area contributed by atoms with Gasteiger partial charge in [0.2, 0.25) is 5.95 Å². The maximum absolute atomic E-state index is 12.9. The average Bonchev–Trinajstić information content (AvgIpc) is 2.92. The first-order chi connectivity index (χ1) is 17.9. The Kier molecular flexibility index (Phi) is 8.89. The van der Waals surface area contributed by atoms with Crippen LogP contribution in [0.1, 0.15) is 10.4 Å². The fourth-order valence-electron chi connectivity index (χ4n) is 3.59. The van der Waals surface area contributed by atoms with Crippen molar-refractivity contribution in [3.05, 3.63) is 45.9 Å². The molecule has 0 aliphatic carbocycles. The van der Waals surface area contributed by atoms with Crippen molar-refractivity contribution in [3.63, 3.8) is 0 Å². The van der Waals surface area contributed by atoms with Gasteiger partial charge in [0.05, 0.1) is 22.1 Å². The zero-order chi connectivity index (χ0) is 26.4. The van der Waals surface area contributed by atoms with Crippen molar-refractivity contribution in [3.8, 4) is 29.0 Å². The molecule has 1 aliphatic heterocycles. The Morgan fingerprint density at radius 1 is 1.16 bits per heavy atom. The van der Waals surface area contributed by atoms with Crippen LogP contribution in [0.25, 0.3) is 11.4 Å². The van der Waals surface area contributed by atoms with Crippen LogP contribution in [-0.2, 0) is 0 Å². The number of benzene rings is 2. The van der Waals surface area contributed by atoms with Gasteiger partial charge in [0.25, 0.3) is 5.91 Å². The summed E-state index contributed by atoms with van der Waals surface area (Å²) in [6.07, 6.45) is 0. The lowest BCUT2D eigenvalue weighted by Gasteiger charge is -2.27. The number of amides is 1. The second kappa shape index (κ2) is 12.3. The summed E-state index contributed by atoms with van der Waals surface area (Å²) in [6, 6.07) is 10.3. The van der Waals surface area contributed by atoms with E-state index in [2.05, 4.69) is 25.6 Å². The number of nitrogens with one attached hydrogen (secondary N) is 2. The molecule has 4 rings (SSSR count). The van der Waals surface area contributed by atoms with Crippen molar-refractivity contribution >= 4 is 46.8 Å². The molecule has 37 heavy (non-hydrogen) atoms. The predicted molar refractivity (Wildman–Crippen MR) is 142 cm³/mol. The number of hydrogen-bond acceptors (Lipinski definition) is 10. The molecular formula is C24H23Cl2N7O3S. The second-order valence-corrected chi connectivity index (χ2v) is 9.56. The first kappa shape index (κ1) is 26.8. The Balaban J connectivity index is 1.65. The van der Waals surface area contributed by atoms with Crippen molar-refractivity contribution in [2.75, 3.05) is 52.3 Å². The highest BCUT2D eigenvalue weighted by atomic mass is 35.5. The molecule has 2 aromatic carbocycles. The van der Waals surface area contributed by atoms with Crippen LogP contribution in [0.2, 0.25) is 10.0 Å². The number of halogens is 2. The summed E-state index contributed by atoms with van der Waals surface area (Å²) >= 11 is 13.9. The molecule has 1 aromatic heterocycles. The highest BCUT2D eigenvalue weighted by Gasteiger charge is 2.21. The third kappa shape index (κ3) is 6.34. The van der Waals surface area contributed by atoms with Crippen LogP contribution >= 0.6 is 35.0 Å². The van der Waals surface area contributed by atoms with Crippen LogP contribution in [0.3, 0.4) is 0 Å². The Labute approximate surface area is 228 Å². The van der Waals surface area contributed by atoms with Gasteiger partial charge in [0.1, 0.15) is 17.6 Å². The van der Waals surface area contributed by atoms with Gasteiger partial charge < -0.3 is 25.0 Å². The number of rotatable bonds is 8. The van der Waals surface area contributed by atoms with Crippen molar-refractivity contribution in [2.24, 2.45) is 0 Å². The van der Waals surface area contributed by atoms with E-state index in [4.69, 9.17) is 37.9 Å². The van der Waals surface area contributed by atoms with E-state index in [-0.39, 0.29) is 29.1 Å². The zero-order valence-electron chi connectivity index (χ0n) is 20.0. The monoisotopic (exact) mass is 559 g/mol. The summed E-state index contributed by atoms with van der Waals surface area (Å²) in [5.41, 5.74) is 1.01. The summed E-state index contributed by atoms with van der Waals surface area (Å²) in [4.78, 5) is 28.9. The van der Waals surface area contributed by atoms with Gasteiger partial charge in [-0.15, -0.1) is 0 Å². The van der Waals surface area contributed by atoms with E-state index in [1.807, 2.05) is 17.0 Å². The quantitative estimate of drug-likeness (QED) is 0.418. The summed E-state index contributed by atoms with van der Waals surface area (Å²) in [6.45, 7) is 2.70. The van der Waals surface area contributed by atoms with Gasteiger partial charge in [-0.1, -0.05) is 23.2 Å². The van der Waals surface area contributed by atoms with E-state index in [1.165, 1.54) is 17.8 Å². The molecule has 192 valence electrons. The van der Waals surface area contributed by atoms with Crippen molar-refractivity contribution in [1.29, 1.82) is 5.26 Å². The van der Waals surface area contributed by atoms with E-state index in [0.29, 0.717) is 46.1 Å². The summed E-state index contributed by atoms with van der Waals surface area (Å²) < 4.78 is 11.0. The number of aromatic nitrogens is 3. The third-order valence-electron chi connectivity index (χ3n) is 5.41. The maximum atomic E-state index is 12.9. The molecule has 1 fully saturated rings. The van der Waals surface area contributed by atoms with Crippen LogP contribution in [0.4, 0.5) is 5.95 Å². The molecule has 0 spiro atoms. The third-order valence-corrected chi connectivity index (χ3v) is 6.94. The van der Waals surface area contributed by atoms with Crippen LogP contribution < -0.4 is 20.1 Å². The van der Waals surface area contributed by atoms with E-state index in [9.17, 15) is 4.79 Å². The van der Waals surface area contributed by atoms with Gasteiger partial charge in [-0.05, 0) is 42.1 Å². The lowest BCUT2D eigenvalue weighted by atomic mass is 10.1. The van der Waals surface area contributed by atoms with Gasteiger partial charge in [0, 0.05) is 44.4 Å². The highest BCUT2D eigenvalue weighted by Crippen LogP contribution is 2.38. The molecule has 0 saturated carbocycles. The second-order valence-electron chi connectivity index (χ2n) is 7.73. The van der Waals surface area contributed by atoms with Crippen LogP contribution in [-0.4, -0.2) is 72.7 Å². The number of nitrogens with zero attached hydrogens (tertiary/aromatic N) is 5. The fraction of sp³-hybridized carbons (Fsp3) is 0.292. The molecule has 1 aliphatic rings. The fourth-order valence-corrected chi connectivity index (χ4v) is 4.95. The molecule has 13 heteroatoms. The topological polar surface area (TPSA) is 125 Å². The standard InChI is InChI=1S/C24H23Cl2N7O3S/c1-28-23-30-21(15-12-18(36-10-5-27)17(26)13-16(15)25)31-24(32-23)37-20-4-3-14(11-19(20)35-2)22(34)33-8-6-29-7-9-33/h3-4,11-13,29H,6-10H2,1-2H3,(H,28,30,31,32). The molecular weight excluding hydrogens is 537 g/mol. The Morgan fingerprint density at radius 2 is 1.95 bits per heavy atom. The van der Waals surface area contributed by atoms with E-state index < -0.39 is 0 Å². The number of ether oxygens (including phenoxy) is 2. The summed E-state index contributed by atoms with van der Waals surface area (Å²) in [7, 11) is 3.24. The highest BCUT2D eigenvalue weighted by molar-refractivity contribution is 7.99. The molecule has 0 atom stereocenters. The average molecular weight is 560 g/mol. The number of methoxy groups -OCH3 is 1. The lowest BCUT2D eigenvalue weighted by molar-refractivity contribution is 0.0735. The Bertz CT molecular complexity index is 1350. The number of nitriles is 1. The molecule has 0 unspecified atom stereocenters. The Hall–Kier alpha value is -3.30. The molecule has 2 N–H and O–H groups in total. The number of piperazine rings is 1. The van der Waals surface area contributed by atoms with Gasteiger partial charge in [0.15, 0.2) is 17.6 Å². The van der Waals surface area contributed by atoms with Gasteiger partial charge in [-0.25, -0.2) is 4.98 Å². The van der Waals surface area contributed by atoms with Gasteiger partial charge in [-0.3, -0.25) is 4.79 Å². The minimum Gasteiger partial charge on any atom is -0.496 e. The lowest BCUT2D eigenvalue weighted by Crippen LogP contribution is -2.46. The van der Waals surface area contributed by atoms with Gasteiger partial charge >= 0.3 is 0 Å². The maximum Gasteiger partial charge on any atom is 0.254 e. The number of hydrogen-bond donors (Lipinski definition) is 2. The molecule has 1 saturated heterocycles. The Morgan fingerprint density at radius 3 is 2.65 bits per heavy atom.